The first-order chi connectivity index (χ1) is 11.1. The predicted octanol–water partition coefficient (Wildman–Crippen LogP) is 2.10. The lowest BCUT2D eigenvalue weighted by molar-refractivity contribution is 0.236. The second-order valence-corrected chi connectivity index (χ2v) is 5.93. The third-order valence-corrected chi connectivity index (χ3v) is 4.17. The van der Waals surface area contributed by atoms with Crippen LogP contribution in [0.15, 0.2) is 23.0 Å². The Morgan fingerprint density at radius 1 is 1.39 bits per heavy atom. The first kappa shape index (κ1) is 15.8. The van der Waals surface area contributed by atoms with Gasteiger partial charge in [-0.2, -0.15) is 0 Å². The minimum Gasteiger partial charge on any atom is -0.504 e. The fourth-order valence-corrected chi connectivity index (χ4v) is 3.07. The number of H-pyrrole nitrogens is 2. The molecule has 0 fully saturated rings. The normalized spacial score (nSPS) is 14.5. The van der Waals surface area contributed by atoms with Crippen LogP contribution in [-0.2, 0) is 19.5 Å². The molecule has 1 aromatic carbocycles. The van der Waals surface area contributed by atoms with Gasteiger partial charge in [-0.1, -0.05) is 12.1 Å². The summed E-state index contributed by atoms with van der Waals surface area (Å²) in [4.78, 5) is 19.9. The molecular formula is C16H19N3O3S. The van der Waals surface area contributed by atoms with E-state index in [1.165, 1.54) is 0 Å². The summed E-state index contributed by atoms with van der Waals surface area (Å²) < 4.78 is 5.78. The highest BCUT2D eigenvalue weighted by molar-refractivity contribution is 7.71. The van der Waals surface area contributed by atoms with Crippen molar-refractivity contribution >= 4 is 12.2 Å². The molecule has 6 nitrogen and oxygen atoms in total. The summed E-state index contributed by atoms with van der Waals surface area (Å²) in [5.41, 5.74) is 2.27. The molecule has 1 aromatic heterocycles. The Labute approximate surface area is 138 Å². The van der Waals surface area contributed by atoms with Crippen LogP contribution in [0.2, 0.25) is 0 Å². The Morgan fingerprint density at radius 3 is 3.00 bits per heavy atom. The van der Waals surface area contributed by atoms with E-state index in [-0.39, 0.29) is 11.3 Å². The minimum atomic E-state index is -0.138. The molecule has 2 heterocycles. The van der Waals surface area contributed by atoms with Gasteiger partial charge in [0.15, 0.2) is 16.3 Å². The minimum absolute atomic E-state index is 0.138. The maximum atomic E-state index is 12.1. The van der Waals surface area contributed by atoms with Gasteiger partial charge in [-0.25, -0.2) is 0 Å². The highest BCUT2D eigenvalue weighted by Gasteiger charge is 2.21. The smallest absolute Gasteiger partial charge is 0.256 e. The van der Waals surface area contributed by atoms with E-state index in [4.69, 9.17) is 17.0 Å². The number of rotatable bonds is 4. The van der Waals surface area contributed by atoms with Crippen molar-refractivity contribution in [3.8, 4) is 11.5 Å². The Bertz CT molecular complexity index is 828. The van der Waals surface area contributed by atoms with Crippen molar-refractivity contribution in [1.29, 1.82) is 0 Å². The predicted molar refractivity (Wildman–Crippen MR) is 89.3 cm³/mol. The Kier molecular flexibility index (Phi) is 4.49. The van der Waals surface area contributed by atoms with Gasteiger partial charge in [0.25, 0.3) is 5.56 Å². The number of fused-ring (bicyclic) bond motifs is 1. The van der Waals surface area contributed by atoms with E-state index >= 15 is 0 Å². The lowest BCUT2D eigenvalue weighted by Crippen LogP contribution is -2.35. The molecule has 2 aromatic rings. The van der Waals surface area contributed by atoms with Crippen molar-refractivity contribution in [2.45, 2.75) is 26.4 Å². The molecule has 0 radical (unpaired) electrons. The summed E-state index contributed by atoms with van der Waals surface area (Å²) in [5, 5.41) is 10.3. The number of hydrogen-bond donors (Lipinski definition) is 3. The second-order valence-electron chi connectivity index (χ2n) is 5.52. The van der Waals surface area contributed by atoms with E-state index in [0.717, 1.165) is 24.2 Å². The van der Waals surface area contributed by atoms with E-state index in [1.54, 1.807) is 6.07 Å². The maximum Gasteiger partial charge on any atom is 0.256 e. The molecule has 0 aliphatic carbocycles. The fraction of sp³-hybridized carbons (Fsp3) is 0.375. The zero-order chi connectivity index (χ0) is 16.4. The van der Waals surface area contributed by atoms with E-state index in [9.17, 15) is 9.90 Å². The molecule has 0 spiro atoms. The SMILES string of the molecule is CCOc1cccc(CN2CCc3[nH]c(=S)[nH]c(=O)c3C2)c1O. The van der Waals surface area contributed by atoms with E-state index in [2.05, 4.69) is 14.9 Å². The van der Waals surface area contributed by atoms with Crippen LogP contribution >= 0.6 is 12.2 Å². The summed E-state index contributed by atoms with van der Waals surface area (Å²) in [7, 11) is 0. The number of aromatic amines is 2. The summed E-state index contributed by atoms with van der Waals surface area (Å²) in [6, 6.07) is 5.48. The number of hydrogen-bond acceptors (Lipinski definition) is 5. The van der Waals surface area contributed by atoms with Crippen LogP contribution in [-0.4, -0.2) is 33.1 Å². The number of aromatic hydroxyl groups is 1. The topological polar surface area (TPSA) is 81.3 Å². The standard InChI is InChI=1S/C16H19N3O3S/c1-2-22-13-5-3-4-10(14(13)20)8-19-7-6-12-11(9-19)15(21)18-16(23)17-12/h3-5,20H,2,6-9H2,1H3,(H2,17,18,21,23). The molecule has 23 heavy (non-hydrogen) atoms. The molecule has 122 valence electrons. The molecule has 0 amide bonds. The molecule has 0 saturated carbocycles. The second kappa shape index (κ2) is 6.55. The van der Waals surface area contributed by atoms with Gasteiger partial charge < -0.3 is 14.8 Å². The molecule has 1 aliphatic heterocycles. The van der Waals surface area contributed by atoms with E-state index in [0.29, 0.717) is 35.8 Å². The van der Waals surface area contributed by atoms with Crippen LogP contribution in [0.25, 0.3) is 0 Å². The Morgan fingerprint density at radius 2 is 2.22 bits per heavy atom. The van der Waals surface area contributed by atoms with Crippen LogP contribution < -0.4 is 10.3 Å². The third kappa shape index (κ3) is 3.30. The highest BCUT2D eigenvalue weighted by Crippen LogP contribution is 2.31. The van der Waals surface area contributed by atoms with Crippen LogP contribution in [0.5, 0.6) is 11.5 Å². The van der Waals surface area contributed by atoms with Gasteiger partial charge in [0, 0.05) is 37.3 Å². The van der Waals surface area contributed by atoms with Crippen molar-refractivity contribution in [2.75, 3.05) is 13.2 Å². The maximum absolute atomic E-state index is 12.1. The molecule has 0 atom stereocenters. The number of phenols is 1. The van der Waals surface area contributed by atoms with Gasteiger partial charge >= 0.3 is 0 Å². The van der Waals surface area contributed by atoms with Crippen LogP contribution in [0.4, 0.5) is 0 Å². The van der Waals surface area contributed by atoms with Crippen LogP contribution in [0.1, 0.15) is 23.7 Å². The molecule has 3 rings (SSSR count). The largest absolute Gasteiger partial charge is 0.504 e. The number of benzene rings is 1. The van der Waals surface area contributed by atoms with Crippen molar-refractivity contribution in [1.82, 2.24) is 14.9 Å². The van der Waals surface area contributed by atoms with E-state index < -0.39 is 0 Å². The van der Waals surface area contributed by atoms with Gasteiger partial charge in [0.1, 0.15) is 0 Å². The summed E-state index contributed by atoms with van der Waals surface area (Å²) in [6.45, 7) is 4.25. The number of ether oxygens (including phenoxy) is 1. The molecule has 0 saturated heterocycles. The zero-order valence-electron chi connectivity index (χ0n) is 12.9. The first-order valence-corrected chi connectivity index (χ1v) is 7.99. The summed E-state index contributed by atoms with van der Waals surface area (Å²) in [6.07, 6.45) is 0.731. The Balaban J connectivity index is 1.82. The van der Waals surface area contributed by atoms with Crippen molar-refractivity contribution in [3.05, 3.63) is 50.1 Å². The van der Waals surface area contributed by atoms with E-state index in [1.807, 2.05) is 19.1 Å². The fourth-order valence-electron chi connectivity index (χ4n) is 2.86. The molecule has 3 N–H and O–H groups in total. The van der Waals surface area contributed by atoms with Crippen LogP contribution in [0, 0.1) is 4.77 Å². The summed E-state index contributed by atoms with van der Waals surface area (Å²) >= 11 is 5.00. The number of phenolic OH excluding ortho intramolecular Hbond substituents is 1. The molecule has 0 unspecified atom stereocenters. The highest BCUT2D eigenvalue weighted by atomic mass is 32.1. The lowest BCUT2D eigenvalue weighted by atomic mass is 10.1. The number of nitrogens with zero attached hydrogens (tertiary/aromatic N) is 1. The van der Waals surface area contributed by atoms with Gasteiger partial charge in [-0.15, -0.1) is 0 Å². The monoisotopic (exact) mass is 333 g/mol. The van der Waals surface area contributed by atoms with Gasteiger partial charge in [0.05, 0.1) is 12.2 Å². The van der Waals surface area contributed by atoms with Crippen molar-refractivity contribution < 1.29 is 9.84 Å². The molecule has 1 aliphatic rings. The lowest BCUT2D eigenvalue weighted by Gasteiger charge is -2.28. The molecular weight excluding hydrogens is 314 g/mol. The van der Waals surface area contributed by atoms with Gasteiger partial charge in [-0.3, -0.25) is 14.7 Å². The average molecular weight is 333 g/mol. The van der Waals surface area contributed by atoms with Gasteiger partial charge in [0.2, 0.25) is 0 Å². The number of aromatic nitrogens is 2. The van der Waals surface area contributed by atoms with Gasteiger partial charge in [-0.05, 0) is 25.2 Å². The zero-order valence-corrected chi connectivity index (χ0v) is 13.7. The quantitative estimate of drug-likeness (QED) is 0.747. The number of para-hydroxylation sites is 1. The first-order valence-electron chi connectivity index (χ1n) is 7.59. The average Bonchev–Trinajstić information content (AvgIpc) is 2.52. The molecule has 0 bridgehead atoms. The number of nitrogens with one attached hydrogen (secondary N) is 2. The summed E-state index contributed by atoms with van der Waals surface area (Å²) in [5.74, 6) is 0.658. The van der Waals surface area contributed by atoms with Crippen molar-refractivity contribution in [3.63, 3.8) is 0 Å². The van der Waals surface area contributed by atoms with Crippen LogP contribution in [0.3, 0.4) is 0 Å². The third-order valence-electron chi connectivity index (χ3n) is 3.97. The molecule has 7 heteroatoms. The van der Waals surface area contributed by atoms with Crippen molar-refractivity contribution in [2.24, 2.45) is 0 Å². The Hall–Kier alpha value is -2.12.